The van der Waals surface area contributed by atoms with Crippen molar-refractivity contribution < 1.29 is 47.8 Å². The highest BCUT2D eigenvalue weighted by atomic mass is 16.6. The molecule has 34 heavy (non-hydrogen) atoms. The van der Waals surface area contributed by atoms with E-state index in [9.17, 15) is 4.79 Å². The summed E-state index contributed by atoms with van der Waals surface area (Å²) in [6, 6.07) is 0. The summed E-state index contributed by atoms with van der Waals surface area (Å²) in [4.78, 5) is 11.8. The first-order valence-corrected chi connectivity index (χ1v) is 12.4. The molecule has 204 valence electrons. The standard InChI is InChI=1S/C24H48O10/c1-4-24(2,3)23(26)34-22-21-33-20-19-32-18-17-31-16-15-30-14-13-29-12-11-28-10-6-9-27-8-5-7-25/h25H,4-22H2,1-3H3. The molecule has 0 heterocycles. The summed E-state index contributed by atoms with van der Waals surface area (Å²) in [5.74, 6) is -0.196. The molecular formula is C24H48O10. The minimum absolute atomic E-state index is 0.165. The molecule has 0 atom stereocenters. The lowest BCUT2D eigenvalue weighted by Crippen LogP contribution is -2.27. The summed E-state index contributed by atoms with van der Waals surface area (Å²) in [7, 11) is 0. The fourth-order valence-electron chi connectivity index (χ4n) is 2.27. The quantitative estimate of drug-likeness (QED) is 0.134. The zero-order valence-electron chi connectivity index (χ0n) is 21.6. The van der Waals surface area contributed by atoms with Crippen molar-refractivity contribution in [3.8, 4) is 0 Å². The second kappa shape index (κ2) is 25.2. The summed E-state index contributed by atoms with van der Waals surface area (Å²) in [5, 5.41) is 8.62. The lowest BCUT2D eigenvalue weighted by atomic mass is 9.91. The third-order valence-corrected chi connectivity index (χ3v) is 4.78. The maximum absolute atomic E-state index is 11.8. The van der Waals surface area contributed by atoms with Crippen molar-refractivity contribution in [3.05, 3.63) is 0 Å². The van der Waals surface area contributed by atoms with Gasteiger partial charge in [-0.1, -0.05) is 6.92 Å². The molecule has 0 spiro atoms. The highest BCUT2D eigenvalue weighted by Crippen LogP contribution is 2.21. The molecule has 10 heteroatoms. The highest BCUT2D eigenvalue weighted by Gasteiger charge is 2.26. The maximum atomic E-state index is 11.8. The minimum atomic E-state index is -0.449. The summed E-state index contributed by atoms with van der Waals surface area (Å²) in [6.07, 6.45) is 2.25. The van der Waals surface area contributed by atoms with Crippen molar-refractivity contribution in [3.63, 3.8) is 0 Å². The van der Waals surface area contributed by atoms with E-state index in [2.05, 4.69) is 0 Å². The largest absolute Gasteiger partial charge is 0.463 e. The van der Waals surface area contributed by atoms with Gasteiger partial charge in [-0.3, -0.25) is 4.79 Å². The Balaban J connectivity index is 3.12. The number of ether oxygens (including phenoxy) is 8. The van der Waals surface area contributed by atoms with Gasteiger partial charge in [-0.25, -0.2) is 0 Å². The van der Waals surface area contributed by atoms with Crippen molar-refractivity contribution >= 4 is 5.97 Å². The van der Waals surface area contributed by atoms with Crippen LogP contribution in [0.5, 0.6) is 0 Å². The van der Waals surface area contributed by atoms with E-state index in [4.69, 9.17) is 43.0 Å². The van der Waals surface area contributed by atoms with Crippen LogP contribution in [-0.2, 0) is 42.7 Å². The predicted molar refractivity (Wildman–Crippen MR) is 127 cm³/mol. The normalized spacial score (nSPS) is 11.8. The average molecular weight is 497 g/mol. The lowest BCUT2D eigenvalue weighted by Gasteiger charge is -2.20. The van der Waals surface area contributed by atoms with Gasteiger partial charge in [-0.05, 0) is 33.1 Å². The summed E-state index contributed by atoms with van der Waals surface area (Å²) in [6.45, 7) is 13.4. The molecule has 0 fully saturated rings. The van der Waals surface area contributed by atoms with Crippen molar-refractivity contribution in [2.45, 2.75) is 40.0 Å². The van der Waals surface area contributed by atoms with E-state index in [0.717, 1.165) is 12.8 Å². The van der Waals surface area contributed by atoms with Gasteiger partial charge in [-0.15, -0.1) is 0 Å². The first-order valence-electron chi connectivity index (χ1n) is 12.4. The third-order valence-electron chi connectivity index (χ3n) is 4.78. The Bertz CT molecular complexity index is 434. The number of carbonyl (C=O) groups excluding carboxylic acids is 1. The highest BCUT2D eigenvalue weighted by molar-refractivity contribution is 5.75. The summed E-state index contributed by atoms with van der Waals surface area (Å²) >= 11 is 0. The van der Waals surface area contributed by atoms with Crippen LogP contribution in [0, 0.1) is 5.41 Å². The van der Waals surface area contributed by atoms with Crippen molar-refractivity contribution in [2.24, 2.45) is 5.41 Å². The molecular weight excluding hydrogens is 448 g/mol. The average Bonchev–Trinajstić information content (AvgIpc) is 2.83. The molecule has 0 aromatic rings. The Hall–Kier alpha value is -0.850. The summed E-state index contributed by atoms with van der Waals surface area (Å²) < 4.78 is 43.0. The molecule has 0 aliphatic heterocycles. The van der Waals surface area contributed by atoms with Crippen LogP contribution in [0.2, 0.25) is 0 Å². The molecule has 0 saturated carbocycles. The van der Waals surface area contributed by atoms with Gasteiger partial charge in [-0.2, -0.15) is 0 Å². The van der Waals surface area contributed by atoms with Gasteiger partial charge in [0.05, 0.1) is 78.1 Å². The molecule has 0 aliphatic rings. The smallest absolute Gasteiger partial charge is 0.311 e. The van der Waals surface area contributed by atoms with E-state index < -0.39 is 5.41 Å². The van der Waals surface area contributed by atoms with Crippen molar-refractivity contribution in [2.75, 3.05) is 106 Å². The molecule has 10 nitrogen and oxygen atoms in total. The number of rotatable bonds is 27. The monoisotopic (exact) mass is 496 g/mol. The van der Waals surface area contributed by atoms with E-state index in [0.29, 0.717) is 98.9 Å². The Morgan fingerprint density at radius 1 is 0.559 bits per heavy atom. The zero-order valence-corrected chi connectivity index (χ0v) is 21.6. The Labute approximate surface area is 205 Å². The fraction of sp³-hybridized carbons (Fsp3) is 0.958. The molecule has 0 unspecified atom stereocenters. The van der Waals surface area contributed by atoms with Gasteiger partial charge in [0.25, 0.3) is 0 Å². The van der Waals surface area contributed by atoms with Crippen molar-refractivity contribution in [1.82, 2.24) is 0 Å². The molecule has 0 aromatic carbocycles. The fourth-order valence-corrected chi connectivity index (χ4v) is 2.27. The molecule has 0 rings (SSSR count). The zero-order chi connectivity index (χ0) is 25.2. The van der Waals surface area contributed by atoms with Crippen LogP contribution >= 0.6 is 0 Å². The van der Waals surface area contributed by atoms with Crippen LogP contribution in [0.3, 0.4) is 0 Å². The van der Waals surface area contributed by atoms with Crippen LogP contribution in [0.4, 0.5) is 0 Å². The molecule has 0 aliphatic carbocycles. The number of esters is 1. The second-order valence-corrected chi connectivity index (χ2v) is 8.09. The van der Waals surface area contributed by atoms with Crippen LogP contribution in [-0.4, -0.2) is 117 Å². The molecule has 0 aromatic heterocycles. The number of aliphatic hydroxyl groups excluding tert-OH is 1. The number of aliphatic hydroxyl groups is 1. The predicted octanol–water partition coefficient (Wildman–Crippen LogP) is 1.85. The lowest BCUT2D eigenvalue weighted by molar-refractivity contribution is -0.155. The molecule has 0 bridgehead atoms. The molecule has 1 N–H and O–H groups in total. The summed E-state index contributed by atoms with van der Waals surface area (Å²) in [5.41, 5.74) is -0.449. The number of carbonyl (C=O) groups is 1. The van der Waals surface area contributed by atoms with Crippen molar-refractivity contribution in [1.29, 1.82) is 0 Å². The van der Waals surface area contributed by atoms with E-state index in [1.807, 2.05) is 20.8 Å². The Morgan fingerprint density at radius 3 is 1.26 bits per heavy atom. The minimum Gasteiger partial charge on any atom is -0.463 e. The number of hydrogen-bond donors (Lipinski definition) is 1. The van der Waals surface area contributed by atoms with Crippen LogP contribution in [0.25, 0.3) is 0 Å². The van der Waals surface area contributed by atoms with Crippen LogP contribution < -0.4 is 0 Å². The van der Waals surface area contributed by atoms with Gasteiger partial charge in [0.15, 0.2) is 0 Å². The maximum Gasteiger partial charge on any atom is 0.311 e. The Kier molecular flexibility index (Phi) is 24.6. The van der Waals surface area contributed by atoms with Gasteiger partial charge in [0.2, 0.25) is 0 Å². The second-order valence-electron chi connectivity index (χ2n) is 8.09. The van der Waals surface area contributed by atoms with E-state index in [1.54, 1.807) is 0 Å². The number of hydrogen-bond acceptors (Lipinski definition) is 10. The topological polar surface area (TPSA) is 111 Å². The van der Waals surface area contributed by atoms with Crippen LogP contribution in [0.1, 0.15) is 40.0 Å². The molecule has 0 radical (unpaired) electrons. The Morgan fingerprint density at radius 2 is 0.882 bits per heavy atom. The van der Waals surface area contributed by atoms with E-state index >= 15 is 0 Å². The van der Waals surface area contributed by atoms with Gasteiger partial charge >= 0.3 is 5.97 Å². The first-order chi connectivity index (χ1) is 16.5. The van der Waals surface area contributed by atoms with Crippen LogP contribution in [0.15, 0.2) is 0 Å². The first kappa shape index (κ1) is 33.1. The van der Waals surface area contributed by atoms with Gasteiger partial charge in [0.1, 0.15) is 6.61 Å². The third kappa shape index (κ3) is 22.9. The van der Waals surface area contributed by atoms with E-state index in [1.165, 1.54) is 0 Å². The SMILES string of the molecule is CCC(C)(C)C(=O)OCCOCCOCCOCCOCCOCCOCCCOCCCO. The molecule has 0 amide bonds. The van der Waals surface area contributed by atoms with Gasteiger partial charge < -0.3 is 43.0 Å². The molecule has 0 saturated heterocycles. The van der Waals surface area contributed by atoms with Gasteiger partial charge in [0, 0.05) is 26.4 Å². The van der Waals surface area contributed by atoms with E-state index in [-0.39, 0.29) is 19.2 Å².